The summed E-state index contributed by atoms with van der Waals surface area (Å²) in [7, 11) is 3.07. The van der Waals surface area contributed by atoms with Crippen molar-refractivity contribution < 1.29 is 14.3 Å². The summed E-state index contributed by atoms with van der Waals surface area (Å²) in [5, 5.41) is 12.1. The number of rotatable bonds is 5. The van der Waals surface area contributed by atoms with Crippen LogP contribution in [-0.4, -0.2) is 20.1 Å². The molecule has 0 bridgehead atoms. The Morgan fingerprint density at radius 1 is 1.21 bits per heavy atom. The lowest BCUT2D eigenvalue weighted by Crippen LogP contribution is -2.14. The van der Waals surface area contributed by atoms with Crippen molar-refractivity contribution in [3.63, 3.8) is 0 Å². The van der Waals surface area contributed by atoms with E-state index in [1.165, 1.54) is 13.2 Å². The minimum atomic E-state index is -0.473. The van der Waals surface area contributed by atoms with Crippen molar-refractivity contribution in [3.8, 4) is 17.6 Å². The SMILES string of the molecule is COc1ccc(/C=C(/C#N)C(=O)Nc2ccccc2I)c(OC)c1. The molecule has 2 aromatic rings. The molecule has 0 radical (unpaired) electrons. The fourth-order valence-corrected chi connectivity index (χ4v) is 2.52. The Labute approximate surface area is 154 Å². The Bertz CT molecular complexity index is 825. The van der Waals surface area contributed by atoms with Crippen molar-refractivity contribution in [2.45, 2.75) is 0 Å². The Morgan fingerprint density at radius 2 is 1.96 bits per heavy atom. The second-order valence-corrected chi connectivity index (χ2v) is 5.87. The van der Waals surface area contributed by atoms with Crippen molar-refractivity contribution in [1.29, 1.82) is 5.26 Å². The summed E-state index contributed by atoms with van der Waals surface area (Å²) in [6, 6.07) is 14.4. The summed E-state index contributed by atoms with van der Waals surface area (Å²) in [5.41, 5.74) is 1.26. The number of nitrogens with one attached hydrogen (secondary N) is 1. The lowest BCUT2D eigenvalue weighted by Gasteiger charge is -2.09. The van der Waals surface area contributed by atoms with Gasteiger partial charge in [-0.3, -0.25) is 4.79 Å². The zero-order valence-electron chi connectivity index (χ0n) is 13.2. The van der Waals surface area contributed by atoms with E-state index in [2.05, 4.69) is 27.9 Å². The summed E-state index contributed by atoms with van der Waals surface area (Å²) in [5.74, 6) is 0.675. The standard InChI is InChI=1S/C18H15IN2O3/c1-23-14-8-7-12(17(10-14)24-2)9-13(11-20)18(22)21-16-6-4-3-5-15(16)19/h3-10H,1-2H3,(H,21,22)/b13-9-. The molecule has 0 atom stereocenters. The molecule has 0 aromatic heterocycles. The number of para-hydroxylation sites is 1. The van der Waals surface area contributed by atoms with Gasteiger partial charge in [0.2, 0.25) is 0 Å². The van der Waals surface area contributed by atoms with Gasteiger partial charge in [0.05, 0.1) is 19.9 Å². The number of carbonyl (C=O) groups excluding carboxylic acids is 1. The lowest BCUT2D eigenvalue weighted by molar-refractivity contribution is -0.112. The van der Waals surface area contributed by atoms with E-state index in [9.17, 15) is 10.1 Å². The zero-order valence-corrected chi connectivity index (χ0v) is 15.3. The number of hydrogen-bond donors (Lipinski definition) is 1. The smallest absolute Gasteiger partial charge is 0.266 e. The number of anilines is 1. The molecule has 5 nitrogen and oxygen atoms in total. The van der Waals surface area contributed by atoms with E-state index < -0.39 is 5.91 Å². The third kappa shape index (κ3) is 4.26. The maximum absolute atomic E-state index is 12.4. The predicted octanol–water partition coefficient (Wildman–Crippen LogP) is 3.85. The molecule has 2 rings (SSSR count). The van der Waals surface area contributed by atoms with Gasteiger partial charge in [-0.1, -0.05) is 12.1 Å². The molecule has 0 aliphatic heterocycles. The summed E-state index contributed by atoms with van der Waals surface area (Å²) >= 11 is 2.12. The second kappa shape index (κ2) is 8.36. The van der Waals surface area contributed by atoms with Crippen LogP contribution in [0.2, 0.25) is 0 Å². The molecule has 1 amide bonds. The molecule has 0 saturated carbocycles. The molecule has 122 valence electrons. The molecule has 0 saturated heterocycles. The second-order valence-electron chi connectivity index (χ2n) is 4.71. The van der Waals surface area contributed by atoms with Crippen LogP contribution in [-0.2, 0) is 4.79 Å². The van der Waals surface area contributed by atoms with E-state index in [-0.39, 0.29) is 5.57 Å². The van der Waals surface area contributed by atoms with Crippen LogP contribution in [0, 0.1) is 14.9 Å². The van der Waals surface area contributed by atoms with Crippen LogP contribution in [0.5, 0.6) is 11.5 Å². The van der Waals surface area contributed by atoms with Gasteiger partial charge in [0.25, 0.3) is 5.91 Å². The number of nitrogens with zero attached hydrogens (tertiary/aromatic N) is 1. The van der Waals surface area contributed by atoms with Gasteiger partial charge in [-0.05, 0) is 52.9 Å². The van der Waals surface area contributed by atoms with E-state index in [0.717, 1.165) is 3.57 Å². The largest absolute Gasteiger partial charge is 0.497 e. The normalized spacial score (nSPS) is 10.7. The average molecular weight is 434 g/mol. The molecule has 6 heteroatoms. The van der Waals surface area contributed by atoms with E-state index in [1.54, 1.807) is 31.4 Å². The molecular weight excluding hydrogens is 419 g/mol. The first kappa shape index (κ1) is 17.8. The number of methoxy groups -OCH3 is 2. The van der Waals surface area contributed by atoms with Gasteiger partial charge >= 0.3 is 0 Å². The van der Waals surface area contributed by atoms with Crippen molar-refractivity contribution >= 4 is 40.3 Å². The molecular formula is C18H15IN2O3. The number of benzene rings is 2. The molecule has 0 unspecified atom stereocenters. The van der Waals surface area contributed by atoms with E-state index in [0.29, 0.717) is 22.7 Å². The van der Waals surface area contributed by atoms with Crippen LogP contribution in [0.1, 0.15) is 5.56 Å². The monoisotopic (exact) mass is 434 g/mol. The average Bonchev–Trinajstić information content (AvgIpc) is 2.61. The van der Waals surface area contributed by atoms with Crippen LogP contribution in [0.4, 0.5) is 5.69 Å². The maximum Gasteiger partial charge on any atom is 0.266 e. The highest BCUT2D eigenvalue weighted by molar-refractivity contribution is 14.1. The van der Waals surface area contributed by atoms with Crippen LogP contribution < -0.4 is 14.8 Å². The van der Waals surface area contributed by atoms with E-state index in [1.807, 2.05) is 24.3 Å². The molecule has 1 N–H and O–H groups in total. The van der Waals surface area contributed by atoms with Gasteiger partial charge in [0.1, 0.15) is 23.1 Å². The number of amides is 1. The molecule has 0 spiro atoms. The lowest BCUT2D eigenvalue weighted by atomic mass is 10.1. The van der Waals surface area contributed by atoms with Gasteiger partial charge in [-0.2, -0.15) is 5.26 Å². The summed E-state index contributed by atoms with van der Waals surface area (Å²) in [6.07, 6.45) is 1.49. The minimum Gasteiger partial charge on any atom is -0.497 e. The van der Waals surface area contributed by atoms with Crippen LogP contribution >= 0.6 is 22.6 Å². The Hall–Kier alpha value is -2.53. The molecule has 0 aliphatic rings. The molecule has 24 heavy (non-hydrogen) atoms. The molecule has 0 heterocycles. The molecule has 0 aliphatic carbocycles. The predicted molar refractivity (Wildman–Crippen MR) is 101 cm³/mol. The minimum absolute atomic E-state index is 0.0156. The van der Waals surface area contributed by atoms with Crippen LogP contribution in [0.3, 0.4) is 0 Å². The maximum atomic E-state index is 12.4. The topological polar surface area (TPSA) is 71.3 Å². The highest BCUT2D eigenvalue weighted by Crippen LogP contribution is 2.27. The first-order chi connectivity index (χ1) is 11.6. The first-order valence-corrected chi connectivity index (χ1v) is 8.06. The number of nitriles is 1. The van der Waals surface area contributed by atoms with Gasteiger partial charge in [-0.25, -0.2) is 0 Å². The zero-order chi connectivity index (χ0) is 17.5. The fourth-order valence-electron chi connectivity index (χ4n) is 1.99. The molecule has 2 aromatic carbocycles. The van der Waals surface area contributed by atoms with E-state index in [4.69, 9.17) is 9.47 Å². The summed E-state index contributed by atoms with van der Waals surface area (Å²) < 4.78 is 11.3. The third-order valence-electron chi connectivity index (χ3n) is 3.23. The fraction of sp³-hybridized carbons (Fsp3) is 0.111. The Kier molecular flexibility index (Phi) is 6.21. The van der Waals surface area contributed by atoms with Gasteiger partial charge in [0.15, 0.2) is 0 Å². The summed E-state index contributed by atoms with van der Waals surface area (Å²) in [4.78, 5) is 12.4. The van der Waals surface area contributed by atoms with Gasteiger partial charge in [-0.15, -0.1) is 0 Å². The molecule has 0 fully saturated rings. The van der Waals surface area contributed by atoms with Crippen LogP contribution in [0.25, 0.3) is 6.08 Å². The third-order valence-corrected chi connectivity index (χ3v) is 4.17. The highest BCUT2D eigenvalue weighted by Gasteiger charge is 2.13. The van der Waals surface area contributed by atoms with Crippen LogP contribution in [0.15, 0.2) is 48.0 Å². The Morgan fingerprint density at radius 3 is 2.58 bits per heavy atom. The quantitative estimate of drug-likeness (QED) is 0.441. The number of halogens is 1. The number of carbonyl (C=O) groups is 1. The number of hydrogen-bond acceptors (Lipinski definition) is 4. The van der Waals surface area contributed by atoms with E-state index >= 15 is 0 Å². The first-order valence-electron chi connectivity index (χ1n) is 6.98. The van der Waals surface area contributed by atoms with Crippen molar-refractivity contribution in [3.05, 3.63) is 57.2 Å². The highest BCUT2D eigenvalue weighted by atomic mass is 127. The van der Waals surface area contributed by atoms with Crippen molar-refractivity contribution in [2.75, 3.05) is 19.5 Å². The Balaban J connectivity index is 2.31. The van der Waals surface area contributed by atoms with Crippen molar-refractivity contribution in [1.82, 2.24) is 0 Å². The van der Waals surface area contributed by atoms with Crippen molar-refractivity contribution in [2.24, 2.45) is 0 Å². The number of ether oxygens (including phenoxy) is 2. The van der Waals surface area contributed by atoms with Gasteiger partial charge < -0.3 is 14.8 Å². The summed E-state index contributed by atoms with van der Waals surface area (Å²) in [6.45, 7) is 0. The van der Waals surface area contributed by atoms with Gasteiger partial charge in [0, 0.05) is 15.2 Å².